The first-order valence-electron chi connectivity index (χ1n) is 6.94. The molecule has 1 aromatic heterocycles. The van der Waals surface area contributed by atoms with E-state index in [9.17, 15) is 0 Å². The summed E-state index contributed by atoms with van der Waals surface area (Å²) < 4.78 is 5.70. The van der Waals surface area contributed by atoms with Crippen molar-refractivity contribution in [2.24, 2.45) is 5.41 Å². The van der Waals surface area contributed by atoms with Gasteiger partial charge in [0.05, 0.1) is 0 Å². The van der Waals surface area contributed by atoms with Crippen LogP contribution in [-0.4, -0.2) is 11.0 Å². The van der Waals surface area contributed by atoms with Crippen LogP contribution in [0.5, 0.6) is 0 Å². The van der Waals surface area contributed by atoms with Crippen molar-refractivity contribution in [3.8, 4) is 0 Å². The molecule has 102 valence electrons. The van der Waals surface area contributed by atoms with Gasteiger partial charge in [-0.15, -0.1) is 0 Å². The highest BCUT2D eigenvalue weighted by Gasteiger charge is 2.27. The molecule has 3 N–H and O–H groups in total. The molecule has 0 unspecified atom stereocenters. The van der Waals surface area contributed by atoms with E-state index in [0.29, 0.717) is 23.2 Å². The van der Waals surface area contributed by atoms with Crippen molar-refractivity contribution in [1.29, 1.82) is 0 Å². The van der Waals surface area contributed by atoms with E-state index in [4.69, 9.17) is 10.2 Å². The van der Waals surface area contributed by atoms with E-state index in [1.807, 2.05) is 18.2 Å². The van der Waals surface area contributed by atoms with Crippen LogP contribution in [-0.2, 0) is 0 Å². The number of benzene rings is 1. The first kappa shape index (κ1) is 12.3. The maximum absolute atomic E-state index is 5.75. The SMILES string of the molecule is CC1(C)CCC(Nc2nc3cc(N)ccc3o2)CC1. The molecule has 0 spiro atoms. The fourth-order valence-corrected chi connectivity index (χ4v) is 2.72. The van der Waals surface area contributed by atoms with Crippen LogP contribution in [0.1, 0.15) is 39.5 Å². The smallest absolute Gasteiger partial charge is 0.295 e. The van der Waals surface area contributed by atoms with Crippen molar-refractivity contribution in [3.05, 3.63) is 18.2 Å². The zero-order valence-electron chi connectivity index (χ0n) is 11.6. The molecule has 1 heterocycles. The van der Waals surface area contributed by atoms with E-state index in [0.717, 1.165) is 11.1 Å². The monoisotopic (exact) mass is 259 g/mol. The Labute approximate surface area is 113 Å². The van der Waals surface area contributed by atoms with Crippen molar-refractivity contribution < 1.29 is 4.42 Å². The lowest BCUT2D eigenvalue weighted by molar-refractivity contribution is 0.231. The van der Waals surface area contributed by atoms with Gasteiger partial charge < -0.3 is 15.5 Å². The highest BCUT2D eigenvalue weighted by atomic mass is 16.4. The molecule has 1 aliphatic carbocycles. The third kappa shape index (κ3) is 2.67. The average Bonchev–Trinajstić information content (AvgIpc) is 2.73. The standard InChI is InChI=1S/C15H21N3O/c1-15(2)7-5-11(6-8-15)17-14-18-12-9-10(16)3-4-13(12)19-14/h3-4,9,11H,5-8,16H2,1-2H3,(H,17,18). The second-order valence-corrected chi connectivity index (χ2v) is 6.33. The Balaban J connectivity index is 1.72. The Hall–Kier alpha value is -1.71. The topological polar surface area (TPSA) is 64.1 Å². The number of oxazole rings is 1. The van der Waals surface area contributed by atoms with Crippen molar-refractivity contribution in [2.45, 2.75) is 45.6 Å². The van der Waals surface area contributed by atoms with Crippen LogP contribution in [0.2, 0.25) is 0 Å². The minimum Gasteiger partial charge on any atom is -0.424 e. The number of fused-ring (bicyclic) bond motifs is 1. The normalized spacial score (nSPS) is 19.7. The number of nitrogens with zero attached hydrogens (tertiary/aromatic N) is 1. The van der Waals surface area contributed by atoms with Gasteiger partial charge >= 0.3 is 0 Å². The predicted octanol–water partition coefficient (Wildman–Crippen LogP) is 3.79. The molecule has 4 heteroatoms. The van der Waals surface area contributed by atoms with Crippen LogP contribution in [0.3, 0.4) is 0 Å². The minimum absolute atomic E-state index is 0.471. The predicted molar refractivity (Wildman–Crippen MR) is 78.1 cm³/mol. The summed E-state index contributed by atoms with van der Waals surface area (Å²) in [6.45, 7) is 4.68. The van der Waals surface area contributed by atoms with Gasteiger partial charge in [-0.05, 0) is 49.3 Å². The summed E-state index contributed by atoms with van der Waals surface area (Å²) in [5, 5.41) is 3.41. The molecule has 4 nitrogen and oxygen atoms in total. The molecular formula is C15H21N3O. The van der Waals surface area contributed by atoms with Gasteiger partial charge in [0, 0.05) is 11.7 Å². The van der Waals surface area contributed by atoms with Gasteiger partial charge in [0.2, 0.25) is 0 Å². The highest BCUT2D eigenvalue weighted by molar-refractivity contribution is 5.78. The second kappa shape index (κ2) is 4.44. The molecule has 2 aromatic rings. The third-order valence-electron chi connectivity index (χ3n) is 4.08. The van der Waals surface area contributed by atoms with E-state index in [-0.39, 0.29) is 0 Å². The zero-order valence-corrected chi connectivity index (χ0v) is 11.6. The zero-order chi connectivity index (χ0) is 13.5. The summed E-state index contributed by atoms with van der Waals surface area (Å²) in [4.78, 5) is 4.45. The Morgan fingerprint density at radius 3 is 2.79 bits per heavy atom. The Morgan fingerprint density at radius 1 is 1.32 bits per heavy atom. The summed E-state index contributed by atoms with van der Waals surface area (Å²) in [6, 6.07) is 6.63. The fraction of sp³-hybridized carbons (Fsp3) is 0.533. The molecule has 1 fully saturated rings. The number of anilines is 2. The van der Waals surface area contributed by atoms with E-state index in [1.165, 1.54) is 25.7 Å². The van der Waals surface area contributed by atoms with Crippen LogP contribution >= 0.6 is 0 Å². The summed E-state index contributed by atoms with van der Waals surface area (Å²) in [7, 11) is 0. The van der Waals surface area contributed by atoms with E-state index < -0.39 is 0 Å². The first-order valence-corrected chi connectivity index (χ1v) is 6.94. The molecule has 19 heavy (non-hydrogen) atoms. The summed E-state index contributed by atoms with van der Waals surface area (Å²) in [5.41, 5.74) is 8.54. The Kier molecular flexibility index (Phi) is 2.88. The number of rotatable bonds is 2. The lowest BCUT2D eigenvalue weighted by Crippen LogP contribution is -2.29. The molecule has 1 saturated carbocycles. The molecule has 1 aromatic carbocycles. The number of nitrogens with one attached hydrogen (secondary N) is 1. The summed E-state index contributed by atoms with van der Waals surface area (Å²) in [6.07, 6.45) is 4.84. The first-order chi connectivity index (χ1) is 9.02. The van der Waals surface area contributed by atoms with Gasteiger partial charge in [0.1, 0.15) is 5.52 Å². The maximum Gasteiger partial charge on any atom is 0.295 e. The molecular weight excluding hydrogens is 238 g/mol. The van der Waals surface area contributed by atoms with Gasteiger partial charge in [0.25, 0.3) is 6.01 Å². The number of hydrogen-bond donors (Lipinski definition) is 2. The average molecular weight is 259 g/mol. The molecule has 0 saturated heterocycles. The summed E-state index contributed by atoms with van der Waals surface area (Å²) >= 11 is 0. The minimum atomic E-state index is 0.471. The van der Waals surface area contributed by atoms with Crippen LogP contribution in [0.4, 0.5) is 11.7 Å². The van der Waals surface area contributed by atoms with Crippen LogP contribution in [0, 0.1) is 5.41 Å². The number of nitrogen functional groups attached to an aromatic ring is 1. The Bertz CT molecular complexity index is 578. The van der Waals surface area contributed by atoms with Crippen LogP contribution in [0.15, 0.2) is 22.6 Å². The maximum atomic E-state index is 5.75. The largest absolute Gasteiger partial charge is 0.424 e. The fourth-order valence-electron chi connectivity index (χ4n) is 2.72. The molecule has 0 amide bonds. The van der Waals surface area contributed by atoms with Crippen molar-refractivity contribution >= 4 is 22.8 Å². The number of nitrogens with two attached hydrogens (primary N) is 1. The molecule has 0 aliphatic heterocycles. The van der Waals surface area contributed by atoms with Gasteiger partial charge in [0.15, 0.2) is 5.58 Å². The molecule has 0 radical (unpaired) electrons. The van der Waals surface area contributed by atoms with Gasteiger partial charge in [-0.2, -0.15) is 4.98 Å². The number of hydrogen-bond acceptors (Lipinski definition) is 4. The quantitative estimate of drug-likeness (QED) is 0.805. The lowest BCUT2D eigenvalue weighted by Gasteiger charge is -2.34. The van der Waals surface area contributed by atoms with E-state index in [1.54, 1.807) is 0 Å². The van der Waals surface area contributed by atoms with Gasteiger partial charge in [-0.1, -0.05) is 13.8 Å². The molecule has 0 bridgehead atoms. The summed E-state index contributed by atoms with van der Waals surface area (Å²) in [5.74, 6) is 0. The van der Waals surface area contributed by atoms with Crippen molar-refractivity contribution in [2.75, 3.05) is 11.1 Å². The van der Waals surface area contributed by atoms with E-state index >= 15 is 0 Å². The highest BCUT2D eigenvalue weighted by Crippen LogP contribution is 2.36. The lowest BCUT2D eigenvalue weighted by atomic mass is 9.76. The number of aromatic nitrogens is 1. The molecule has 3 rings (SSSR count). The van der Waals surface area contributed by atoms with Crippen LogP contribution < -0.4 is 11.1 Å². The molecule has 0 atom stereocenters. The van der Waals surface area contributed by atoms with E-state index in [2.05, 4.69) is 24.1 Å². The second-order valence-electron chi connectivity index (χ2n) is 6.33. The third-order valence-corrected chi connectivity index (χ3v) is 4.08. The molecule has 1 aliphatic rings. The Morgan fingerprint density at radius 2 is 2.05 bits per heavy atom. The van der Waals surface area contributed by atoms with Crippen LogP contribution in [0.25, 0.3) is 11.1 Å². The van der Waals surface area contributed by atoms with Gasteiger partial charge in [-0.25, -0.2) is 0 Å². The van der Waals surface area contributed by atoms with Gasteiger partial charge in [-0.3, -0.25) is 0 Å². The van der Waals surface area contributed by atoms with Crippen molar-refractivity contribution in [1.82, 2.24) is 4.98 Å². The van der Waals surface area contributed by atoms with Crippen molar-refractivity contribution in [3.63, 3.8) is 0 Å².